The molecule has 1 aliphatic rings. The number of hydrogen-bond donors (Lipinski definition) is 2. The molecule has 0 spiro atoms. The fourth-order valence-electron chi connectivity index (χ4n) is 3.67. The van der Waals surface area contributed by atoms with E-state index in [1.165, 1.54) is 5.56 Å². The SMILES string of the molecule is C=C/C(=C\C=C(/C)C(=O)NCc1ccc2c(c1)CCCO2)Nc1nccc2ccc(Cl)cc12. The highest BCUT2D eigenvalue weighted by atomic mass is 35.5. The number of nitrogens with one attached hydrogen (secondary N) is 2. The highest BCUT2D eigenvalue weighted by Crippen LogP contribution is 2.26. The molecule has 0 aliphatic carbocycles. The summed E-state index contributed by atoms with van der Waals surface area (Å²) in [6.07, 6.45) is 9.03. The molecule has 1 amide bonds. The standard InChI is InChI=1S/C27H26ClN3O2/c1-3-23(31-26-24-16-22(28)9-8-20(24)12-13-29-26)10-6-18(2)27(32)30-17-19-7-11-25-21(15-19)5-4-14-33-25/h3,6-13,15-16H,1,4-5,14,17H2,2H3,(H,29,31)(H,30,32)/b18-6+,23-10+. The predicted molar refractivity (Wildman–Crippen MR) is 135 cm³/mol. The first-order valence-electron chi connectivity index (χ1n) is 10.9. The summed E-state index contributed by atoms with van der Waals surface area (Å²) in [6, 6.07) is 13.7. The van der Waals surface area contributed by atoms with Gasteiger partial charge in [-0.15, -0.1) is 0 Å². The van der Waals surface area contributed by atoms with Crippen molar-refractivity contribution < 1.29 is 9.53 Å². The van der Waals surface area contributed by atoms with Crippen LogP contribution in [0.4, 0.5) is 5.82 Å². The van der Waals surface area contributed by atoms with E-state index in [4.69, 9.17) is 16.3 Å². The van der Waals surface area contributed by atoms with E-state index >= 15 is 0 Å². The van der Waals surface area contributed by atoms with Crippen LogP contribution in [0.2, 0.25) is 5.02 Å². The number of amides is 1. The number of hydrogen-bond acceptors (Lipinski definition) is 4. The number of halogens is 1. The minimum atomic E-state index is -0.126. The van der Waals surface area contributed by atoms with E-state index in [2.05, 4.69) is 28.3 Å². The van der Waals surface area contributed by atoms with Gasteiger partial charge in [0, 0.05) is 34.4 Å². The molecule has 5 nitrogen and oxygen atoms in total. The van der Waals surface area contributed by atoms with Crippen LogP contribution in [0.15, 0.2) is 84.7 Å². The lowest BCUT2D eigenvalue weighted by molar-refractivity contribution is -0.117. The van der Waals surface area contributed by atoms with Crippen LogP contribution in [-0.4, -0.2) is 17.5 Å². The number of nitrogens with zero attached hydrogens (tertiary/aromatic N) is 1. The van der Waals surface area contributed by atoms with E-state index in [1.807, 2.05) is 42.5 Å². The van der Waals surface area contributed by atoms with Gasteiger partial charge in [0.15, 0.2) is 0 Å². The predicted octanol–water partition coefficient (Wildman–Crippen LogP) is 5.96. The maximum Gasteiger partial charge on any atom is 0.247 e. The molecule has 3 aromatic rings. The molecule has 0 fully saturated rings. The average molecular weight is 460 g/mol. The number of anilines is 1. The van der Waals surface area contributed by atoms with Crippen molar-refractivity contribution >= 4 is 34.1 Å². The van der Waals surface area contributed by atoms with Crippen LogP contribution in [0.25, 0.3) is 10.8 Å². The van der Waals surface area contributed by atoms with Gasteiger partial charge in [0.25, 0.3) is 0 Å². The van der Waals surface area contributed by atoms with E-state index in [-0.39, 0.29) is 5.91 Å². The third-order valence-corrected chi connectivity index (χ3v) is 5.74. The highest BCUT2D eigenvalue weighted by molar-refractivity contribution is 6.31. The van der Waals surface area contributed by atoms with Crippen molar-refractivity contribution in [1.82, 2.24) is 10.3 Å². The van der Waals surface area contributed by atoms with E-state index in [1.54, 1.807) is 25.3 Å². The van der Waals surface area contributed by atoms with Gasteiger partial charge in [-0.25, -0.2) is 4.98 Å². The first-order chi connectivity index (χ1) is 16.0. The van der Waals surface area contributed by atoms with Gasteiger partial charge in [0.05, 0.1) is 6.61 Å². The number of pyridine rings is 1. The number of carbonyl (C=O) groups excluding carboxylic acids is 1. The van der Waals surface area contributed by atoms with Crippen LogP contribution >= 0.6 is 11.6 Å². The quantitative estimate of drug-likeness (QED) is 0.338. The summed E-state index contributed by atoms with van der Waals surface area (Å²) < 4.78 is 5.65. The Labute approximate surface area is 198 Å². The minimum absolute atomic E-state index is 0.126. The lowest BCUT2D eigenvalue weighted by Crippen LogP contribution is -2.23. The average Bonchev–Trinajstić information content (AvgIpc) is 2.84. The highest BCUT2D eigenvalue weighted by Gasteiger charge is 2.11. The van der Waals surface area contributed by atoms with Crippen LogP contribution in [-0.2, 0) is 17.8 Å². The summed E-state index contributed by atoms with van der Waals surface area (Å²) in [6.45, 7) is 6.88. The van der Waals surface area contributed by atoms with E-state index in [0.717, 1.165) is 47.2 Å². The lowest BCUT2D eigenvalue weighted by atomic mass is 10.0. The second kappa shape index (κ2) is 10.4. The number of aromatic nitrogens is 1. The molecule has 6 heteroatoms. The Morgan fingerprint density at radius 1 is 1.21 bits per heavy atom. The second-order valence-corrected chi connectivity index (χ2v) is 8.34. The van der Waals surface area contributed by atoms with Crippen molar-refractivity contribution in [1.29, 1.82) is 0 Å². The van der Waals surface area contributed by atoms with Gasteiger partial charge in [-0.05, 0) is 72.7 Å². The Morgan fingerprint density at radius 2 is 2.09 bits per heavy atom. The van der Waals surface area contributed by atoms with E-state index < -0.39 is 0 Å². The van der Waals surface area contributed by atoms with Crippen molar-refractivity contribution in [3.63, 3.8) is 0 Å². The molecule has 168 valence electrons. The Balaban J connectivity index is 1.42. The van der Waals surface area contributed by atoms with E-state index in [9.17, 15) is 4.79 Å². The molecule has 0 saturated heterocycles. The molecule has 2 heterocycles. The van der Waals surface area contributed by atoms with Crippen LogP contribution in [0.1, 0.15) is 24.5 Å². The van der Waals surface area contributed by atoms with Crippen molar-refractivity contribution in [2.24, 2.45) is 0 Å². The van der Waals surface area contributed by atoms with Gasteiger partial charge >= 0.3 is 0 Å². The number of ether oxygens (including phenoxy) is 1. The maximum atomic E-state index is 12.6. The molecule has 0 unspecified atom stereocenters. The van der Waals surface area contributed by atoms with Gasteiger partial charge in [-0.3, -0.25) is 4.79 Å². The number of benzene rings is 2. The first-order valence-corrected chi connectivity index (χ1v) is 11.3. The molecule has 4 rings (SSSR count). The number of allylic oxidation sites excluding steroid dienone is 3. The van der Waals surface area contributed by atoms with Gasteiger partial charge < -0.3 is 15.4 Å². The largest absolute Gasteiger partial charge is 0.493 e. The summed E-state index contributed by atoms with van der Waals surface area (Å²) in [5.41, 5.74) is 3.57. The van der Waals surface area contributed by atoms with Gasteiger partial charge in [0.1, 0.15) is 11.6 Å². The zero-order valence-corrected chi connectivity index (χ0v) is 19.3. The Bertz CT molecular complexity index is 1260. The van der Waals surface area contributed by atoms with Crippen molar-refractivity contribution in [2.45, 2.75) is 26.3 Å². The first kappa shape index (κ1) is 22.6. The monoisotopic (exact) mass is 459 g/mol. The molecule has 0 bridgehead atoms. The number of rotatable bonds is 7. The van der Waals surface area contributed by atoms with Crippen molar-refractivity contribution in [3.8, 4) is 5.75 Å². The molecular formula is C27H26ClN3O2. The number of carbonyl (C=O) groups is 1. The zero-order valence-electron chi connectivity index (χ0n) is 18.5. The van der Waals surface area contributed by atoms with E-state index in [0.29, 0.717) is 23.0 Å². The third kappa shape index (κ3) is 5.62. The Kier molecular flexibility index (Phi) is 7.10. The fourth-order valence-corrected chi connectivity index (χ4v) is 3.85. The molecule has 33 heavy (non-hydrogen) atoms. The Morgan fingerprint density at radius 3 is 2.94 bits per heavy atom. The smallest absolute Gasteiger partial charge is 0.247 e. The van der Waals surface area contributed by atoms with Crippen molar-refractivity contribution in [3.05, 3.63) is 101 Å². The normalized spacial score (nSPS) is 13.8. The van der Waals surface area contributed by atoms with Crippen LogP contribution in [0.5, 0.6) is 5.75 Å². The summed E-state index contributed by atoms with van der Waals surface area (Å²) in [7, 11) is 0. The van der Waals surface area contributed by atoms with Crippen LogP contribution < -0.4 is 15.4 Å². The van der Waals surface area contributed by atoms with Gasteiger partial charge in [-0.2, -0.15) is 0 Å². The molecule has 2 aromatic carbocycles. The number of aryl methyl sites for hydroxylation is 1. The van der Waals surface area contributed by atoms with Gasteiger partial charge in [0.2, 0.25) is 5.91 Å². The van der Waals surface area contributed by atoms with Crippen LogP contribution in [0, 0.1) is 0 Å². The molecule has 0 radical (unpaired) electrons. The topological polar surface area (TPSA) is 63.2 Å². The molecule has 1 aliphatic heterocycles. The second-order valence-electron chi connectivity index (χ2n) is 7.90. The fraction of sp³-hybridized carbons (Fsp3) is 0.185. The summed E-state index contributed by atoms with van der Waals surface area (Å²) >= 11 is 6.16. The molecule has 0 atom stereocenters. The van der Waals surface area contributed by atoms with Crippen LogP contribution in [0.3, 0.4) is 0 Å². The summed E-state index contributed by atoms with van der Waals surface area (Å²) in [5, 5.41) is 8.82. The summed E-state index contributed by atoms with van der Waals surface area (Å²) in [4.78, 5) is 17.0. The summed E-state index contributed by atoms with van der Waals surface area (Å²) in [5.74, 6) is 1.50. The number of fused-ring (bicyclic) bond motifs is 2. The van der Waals surface area contributed by atoms with Gasteiger partial charge in [-0.1, -0.05) is 42.5 Å². The Hall–Kier alpha value is -3.57. The maximum absolute atomic E-state index is 12.6. The molecule has 2 N–H and O–H groups in total. The van der Waals surface area contributed by atoms with Crippen molar-refractivity contribution in [2.75, 3.05) is 11.9 Å². The molecule has 0 saturated carbocycles. The lowest BCUT2D eigenvalue weighted by Gasteiger charge is -2.18. The zero-order chi connectivity index (χ0) is 23.2. The molecule has 1 aromatic heterocycles. The molecular weight excluding hydrogens is 434 g/mol. The minimum Gasteiger partial charge on any atom is -0.493 e. The third-order valence-electron chi connectivity index (χ3n) is 5.51.